The number of rotatable bonds is 1. The minimum Gasteiger partial charge on any atom is -0.386 e. The number of likely N-dealkylation sites (tertiary alicyclic amines) is 1. The van der Waals surface area contributed by atoms with E-state index >= 15 is 0 Å². The highest BCUT2D eigenvalue weighted by molar-refractivity contribution is 5.93. The van der Waals surface area contributed by atoms with Gasteiger partial charge in [-0.25, -0.2) is 0 Å². The van der Waals surface area contributed by atoms with Crippen molar-refractivity contribution < 1.29 is 9.90 Å². The third kappa shape index (κ3) is 1.65. The Kier molecular flexibility index (Phi) is 2.12. The van der Waals surface area contributed by atoms with Gasteiger partial charge in [0.15, 0.2) is 0 Å². The number of carbonyl (C=O) groups excluding carboxylic acids is 1. The predicted octanol–water partition coefficient (Wildman–Crippen LogP) is 0.540. The Morgan fingerprint density at radius 1 is 1.47 bits per heavy atom. The summed E-state index contributed by atoms with van der Waals surface area (Å²) in [6, 6.07) is 3.75. The molecule has 4 nitrogen and oxygen atoms in total. The van der Waals surface area contributed by atoms with Crippen LogP contribution in [0.4, 0.5) is 0 Å². The molecule has 15 heavy (non-hydrogen) atoms. The van der Waals surface area contributed by atoms with Crippen LogP contribution in [0.5, 0.6) is 0 Å². The maximum Gasteiger partial charge on any atom is 0.270 e. The lowest BCUT2D eigenvalue weighted by atomic mass is 9.96. The quantitative estimate of drug-likeness (QED) is 0.732. The van der Waals surface area contributed by atoms with E-state index in [0.29, 0.717) is 18.8 Å². The van der Waals surface area contributed by atoms with Crippen molar-refractivity contribution in [3.05, 3.63) is 23.5 Å². The Balaban J connectivity index is 2.13. The fraction of sp³-hybridized carbons (Fsp3) is 0.545. The first kappa shape index (κ1) is 10.2. The summed E-state index contributed by atoms with van der Waals surface area (Å²) in [5, 5.41) is 9.55. The van der Waals surface area contributed by atoms with Gasteiger partial charge >= 0.3 is 0 Å². The molecule has 0 atom stereocenters. The van der Waals surface area contributed by atoms with Gasteiger partial charge in [0.25, 0.3) is 5.91 Å². The molecule has 1 N–H and O–H groups in total. The summed E-state index contributed by atoms with van der Waals surface area (Å²) in [5.74, 6) is -0.00266. The Morgan fingerprint density at radius 3 is 2.47 bits per heavy atom. The van der Waals surface area contributed by atoms with Crippen molar-refractivity contribution in [3.8, 4) is 0 Å². The minimum absolute atomic E-state index is 0.00266. The van der Waals surface area contributed by atoms with Crippen LogP contribution in [0.25, 0.3) is 0 Å². The fourth-order valence-electron chi connectivity index (χ4n) is 1.91. The summed E-state index contributed by atoms with van der Waals surface area (Å²) in [7, 11) is 1.88. The molecule has 0 unspecified atom stereocenters. The van der Waals surface area contributed by atoms with E-state index in [1.807, 2.05) is 30.7 Å². The van der Waals surface area contributed by atoms with E-state index in [9.17, 15) is 9.90 Å². The van der Waals surface area contributed by atoms with Crippen LogP contribution >= 0.6 is 0 Å². The maximum atomic E-state index is 11.9. The first-order valence-electron chi connectivity index (χ1n) is 5.05. The van der Waals surface area contributed by atoms with Gasteiger partial charge in [-0.2, -0.15) is 0 Å². The number of aromatic nitrogens is 1. The van der Waals surface area contributed by atoms with Crippen LogP contribution in [-0.4, -0.2) is 39.2 Å². The van der Waals surface area contributed by atoms with Gasteiger partial charge in [-0.3, -0.25) is 4.79 Å². The molecule has 1 aliphatic rings. The highest BCUT2D eigenvalue weighted by Crippen LogP contribution is 2.22. The van der Waals surface area contributed by atoms with Gasteiger partial charge in [-0.05, 0) is 26.0 Å². The second-order valence-electron chi connectivity index (χ2n) is 4.58. The van der Waals surface area contributed by atoms with E-state index in [1.165, 1.54) is 0 Å². The van der Waals surface area contributed by atoms with Crippen LogP contribution in [0.15, 0.2) is 12.1 Å². The SMILES string of the molecule is Cc1ccc(C(=O)N2CC(C)(O)C2)n1C. The van der Waals surface area contributed by atoms with Gasteiger partial charge in [0.1, 0.15) is 5.69 Å². The zero-order valence-electron chi connectivity index (χ0n) is 9.32. The van der Waals surface area contributed by atoms with E-state index in [1.54, 1.807) is 11.8 Å². The lowest BCUT2D eigenvalue weighted by Gasteiger charge is -2.44. The third-order valence-corrected chi connectivity index (χ3v) is 2.94. The zero-order valence-corrected chi connectivity index (χ0v) is 9.32. The second-order valence-corrected chi connectivity index (χ2v) is 4.58. The smallest absolute Gasteiger partial charge is 0.270 e. The molecule has 0 aromatic carbocycles. The van der Waals surface area contributed by atoms with Gasteiger partial charge in [-0.15, -0.1) is 0 Å². The van der Waals surface area contributed by atoms with Crippen molar-refractivity contribution in [3.63, 3.8) is 0 Å². The van der Waals surface area contributed by atoms with Crippen LogP contribution < -0.4 is 0 Å². The number of carbonyl (C=O) groups is 1. The molecule has 1 aromatic rings. The topological polar surface area (TPSA) is 45.5 Å². The molecular formula is C11H16N2O2. The molecule has 1 fully saturated rings. The number of amides is 1. The molecule has 1 amide bonds. The average Bonchev–Trinajstić information content (AvgIpc) is 2.43. The summed E-state index contributed by atoms with van der Waals surface area (Å²) >= 11 is 0. The molecule has 2 rings (SSSR count). The summed E-state index contributed by atoms with van der Waals surface area (Å²) < 4.78 is 1.87. The monoisotopic (exact) mass is 208 g/mol. The standard InChI is InChI=1S/C11H16N2O2/c1-8-4-5-9(12(8)3)10(14)13-6-11(2,15)7-13/h4-5,15H,6-7H2,1-3H3. The van der Waals surface area contributed by atoms with Gasteiger partial charge < -0.3 is 14.6 Å². The third-order valence-electron chi connectivity index (χ3n) is 2.94. The van der Waals surface area contributed by atoms with Gasteiger partial charge in [-0.1, -0.05) is 0 Å². The predicted molar refractivity (Wildman–Crippen MR) is 56.7 cm³/mol. The first-order valence-corrected chi connectivity index (χ1v) is 5.05. The summed E-state index contributed by atoms with van der Waals surface area (Å²) in [5.41, 5.74) is 1.05. The number of aryl methyl sites for hydroxylation is 1. The Labute approximate surface area is 89.1 Å². The Morgan fingerprint density at radius 2 is 2.07 bits per heavy atom. The second kappa shape index (κ2) is 3.10. The first-order chi connectivity index (χ1) is 6.91. The lowest BCUT2D eigenvalue weighted by molar-refractivity contribution is -0.0671. The molecule has 0 aliphatic carbocycles. The van der Waals surface area contributed by atoms with Gasteiger partial charge in [0.2, 0.25) is 0 Å². The van der Waals surface area contributed by atoms with Crippen LogP contribution in [-0.2, 0) is 7.05 Å². The number of hydrogen-bond acceptors (Lipinski definition) is 2. The maximum absolute atomic E-state index is 11.9. The molecule has 82 valence electrons. The van der Waals surface area contributed by atoms with E-state index in [-0.39, 0.29) is 5.91 Å². The molecular weight excluding hydrogens is 192 g/mol. The van der Waals surface area contributed by atoms with Crippen molar-refractivity contribution in [2.45, 2.75) is 19.4 Å². The molecule has 0 bridgehead atoms. The minimum atomic E-state index is -0.699. The summed E-state index contributed by atoms with van der Waals surface area (Å²) in [6.07, 6.45) is 0. The number of nitrogens with zero attached hydrogens (tertiary/aromatic N) is 2. The molecule has 4 heteroatoms. The zero-order chi connectivity index (χ0) is 11.2. The molecule has 1 saturated heterocycles. The van der Waals surface area contributed by atoms with Crippen LogP contribution in [0.3, 0.4) is 0 Å². The van der Waals surface area contributed by atoms with Crippen molar-refractivity contribution >= 4 is 5.91 Å². The van der Waals surface area contributed by atoms with E-state index in [0.717, 1.165) is 5.69 Å². The summed E-state index contributed by atoms with van der Waals surface area (Å²) in [6.45, 7) is 4.56. The van der Waals surface area contributed by atoms with Gasteiger partial charge in [0.05, 0.1) is 18.7 Å². The van der Waals surface area contributed by atoms with E-state index < -0.39 is 5.60 Å². The van der Waals surface area contributed by atoms with E-state index in [2.05, 4.69) is 0 Å². The number of hydrogen-bond donors (Lipinski definition) is 1. The molecule has 1 aliphatic heterocycles. The van der Waals surface area contributed by atoms with Crippen LogP contribution in [0.1, 0.15) is 23.1 Å². The Hall–Kier alpha value is -1.29. The van der Waals surface area contributed by atoms with E-state index in [4.69, 9.17) is 0 Å². The Bertz CT molecular complexity index is 399. The van der Waals surface area contributed by atoms with Crippen molar-refractivity contribution in [2.75, 3.05) is 13.1 Å². The van der Waals surface area contributed by atoms with Crippen LogP contribution in [0.2, 0.25) is 0 Å². The van der Waals surface area contributed by atoms with Gasteiger partial charge in [0, 0.05) is 12.7 Å². The number of β-amino-alcohol motifs (C(OH)–C–C–N with tert-alkyl or cyclic N) is 1. The molecule has 2 heterocycles. The average molecular weight is 208 g/mol. The number of aliphatic hydroxyl groups is 1. The largest absolute Gasteiger partial charge is 0.386 e. The van der Waals surface area contributed by atoms with Crippen molar-refractivity contribution in [1.29, 1.82) is 0 Å². The molecule has 0 radical (unpaired) electrons. The highest BCUT2D eigenvalue weighted by atomic mass is 16.3. The summed E-state index contributed by atoms with van der Waals surface area (Å²) in [4.78, 5) is 13.6. The highest BCUT2D eigenvalue weighted by Gasteiger charge is 2.40. The van der Waals surface area contributed by atoms with Crippen molar-refractivity contribution in [1.82, 2.24) is 9.47 Å². The normalized spacial score (nSPS) is 18.8. The molecule has 1 aromatic heterocycles. The van der Waals surface area contributed by atoms with Crippen LogP contribution in [0, 0.1) is 6.92 Å². The lowest BCUT2D eigenvalue weighted by Crippen LogP contribution is -2.61. The molecule has 0 saturated carbocycles. The van der Waals surface area contributed by atoms with Crippen molar-refractivity contribution in [2.24, 2.45) is 7.05 Å². The fourth-order valence-corrected chi connectivity index (χ4v) is 1.91. The molecule has 0 spiro atoms.